The van der Waals surface area contributed by atoms with E-state index in [9.17, 15) is 9.18 Å². The normalized spacial score (nSPS) is 22.2. The Morgan fingerprint density at radius 3 is 2.38 bits per heavy atom. The molecule has 0 saturated carbocycles. The maximum absolute atomic E-state index is 13.4. The molecule has 0 aliphatic carbocycles. The molecule has 1 amide bonds. The molecule has 6 rings (SSSR count). The van der Waals surface area contributed by atoms with Crippen LogP contribution in [0.1, 0.15) is 41.6 Å². The molecule has 4 aromatic rings. The van der Waals surface area contributed by atoms with Crippen LogP contribution < -0.4 is 5.32 Å². The number of nitrogens with one attached hydrogen (secondary N) is 1. The van der Waals surface area contributed by atoms with Gasteiger partial charge in [-0.2, -0.15) is 0 Å². The van der Waals surface area contributed by atoms with Gasteiger partial charge >= 0.3 is 0 Å². The molecule has 2 unspecified atom stereocenters. The van der Waals surface area contributed by atoms with Crippen LogP contribution in [0.4, 0.5) is 4.39 Å². The first-order chi connectivity index (χ1) is 16.6. The molecular weight excluding hydrogens is 425 g/mol. The monoisotopic (exact) mass is 453 g/mol. The van der Waals surface area contributed by atoms with Crippen molar-refractivity contribution in [3.05, 3.63) is 102 Å². The van der Waals surface area contributed by atoms with Gasteiger partial charge in [0.15, 0.2) is 0 Å². The van der Waals surface area contributed by atoms with Crippen molar-refractivity contribution in [1.82, 2.24) is 14.8 Å². The second-order valence-corrected chi connectivity index (χ2v) is 9.62. The Morgan fingerprint density at radius 2 is 1.65 bits per heavy atom. The quantitative estimate of drug-likeness (QED) is 0.421. The third-order valence-electron chi connectivity index (χ3n) is 7.49. The van der Waals surface area contributed by atoms with Crippen molar-refractivity contribution < 1.29 is 9.18 Å². The number of rotatable bonds is 5. The molecule has 2 aliphatic heterocycles. The average Bonchev–Trinajstić information content (AvgIpc) is 3.37. The first kappa shape index (κ1) is 21.1. The van der Waals surface area contributed by atoms with Gasteiger partial charge in [0.2, 0.25) is 0 Å². The lowest BCUT2D eigenvalue weighted by atomic mass is 9.96. The van der Waals surface area contributed by atoms with E-state index in [1.807, 2.05) is 35.0 Å². The number of amides is 1. The van der Waals surface area contributed by atoms with E-state index in [4.69, 9.17) is 0 Å². The first-order valence-electron chi connectivity index (χ1n) is 12.1. The zero-order valence-electron chi connectivity index (χ0n) is 19.0. The van der Waals surface area contributed by atoms with E-state index >= 15 is 0 Å². The van der Waals surface area contributed by atoms with Crippen LogP contribution in [0, 0.1) is 5.82 Å². The number of piperidine rings is 1. The summed E-state index contributed by atoms with van der Waals surface area (Å²) in [4.78, 5) is 15.8. The van der Waals surface area contributed by atoms with Crippen molar-refractivity contribution >= 4 is 16.8 Å². The maximum Gasteiger partial charge on any atom is 0.251 e. The molecule has 2 atom stereocenters. The minimum atomic E-state index is -0.260. The van der Waals surface area contributed by atoms with E-state index in [2.05, 4.69) is 40.5 Å². The van der Waals surface area contributed by atoms with Crippen LogP contribution >= 0.6 is 0 Å². The molecular formula is C29H28FN3O. The molecule has 4 nitrogen and oxygen atoms in total. The number of carbonyl (C=O) groups is 1. The van der Waals surface area contributed by atoms with Gasteiger partial charge in [-0.3, -0.25) is 9.69 Å². The smallest absolute Gasteiger partial charge is 0.251 e. The van der Waals surface area contributed by atoms with Gasteiger partial charge in [-0.15, -0.1) is 0 Å². The van der Waals surface area contributed by atoms with Gasteiger partial charge in [0.05, 0.1) is 5.52 Å². The lowest BCUT2D eigenvalue weighted by molar-refractivity contribution is 0.0828. The number of halogens is 1. The van der Waals surface area contributed by atoms with Crippen molar-refractivity contribution in [1.29, 1.82) is 0 Å². The number of aromatic nitrogens is 1. The summed E-state index contributed by atoms with van der Waals surface area (Å²) in [6, 6.07) is 26.2. The molecule has 1 N–H and O–H groups in total. The number of hydrogen-bond donors (Lipinski definition) is 1. The van der Waals surface area contributed by atoms with Gasteiger partial charge in [-0.1, -0.05) is 36.4 Å². The molecule has 1 aromatic heterocycles. The van der Waals surface area contributed by atoms with E-state index in [1.54, 1.807) is 12.1 Å². The molecule has 2 bridgehead atoms. The minimum absolute atomic E-state index is 0.0188. The molecule has 2 fully saturated rings. The third kappa shape index (κ3) is 4.01. The summed E-state index contributed by atoms with van der Waals surface area (Å²) >= 11 is 0. The predicted molar refractivity (Wildman–Crippen MR) is 133 cm³/mol. The topological polar surface area (TPSA) is 37.3 Å². The molecule has 34 heavy (non-hydrogen) atoms. The number of benzene rings is 3. The number of hydrogen-bond acceptors (Lipinski definition) is 2. The molecule has 0 spiro atoms. The van der Waals surface area contributed by atoms with Crippen LogP contribution in [0.3, 0.4) is 0 Å². The second kappa shape index (κ2) is 8.73. The molecule has 2 saturated heterocycles. The zero-order valence-corrected chi connectivity index (χ0v) is 19.0. The highest BCUT2D eigenvalue weighted by Crippen LogP contribution is 2.37. The number of fused-ring (bicyclic) bond motifs is 3. The van der Waals surface area contributed by atoms with Gasteiger partial charge in [0, 0.05) is 42.1 Å². The first-order valence-corrected chi connectivity index (χ1v) is 12.1. The molecule has 2 aliphatic rings. The Kier molecular flexibility index (Phi) is 5.42. The predicted octanol–water partition coefficient (Wildman–Crippen LogP) is 5.70. The largest absolute Gasteiger partial charge is 0.349 e. The van der Waals surface area contributed by atoms with Crippen LogP contribution in [-0.4, -0.2) is 33.5 Å². The highest BCUT2D eigenvalue weighted by molar-refractivity contribution is 5.98. The Morgan fingerprint density at radius 1 is 0.912 bits per heavy atom. The lowest BCUT2D eigenvalue weighted by Crippen LogP contribution is -2.49. The van der Waals surface area contributed by atoms with Gasteiger partial charge in [-0.05, 0) is 79.1 Å². The second-order valence-electron chi connectivity index (χ2n) is 9.62. The van der Waals surface area contributed by atoms with Crippen LogP contribution in [0.5, 0.6) is 0 Å². The summed E-state index contributed by atoms with van der Waals surface area (Å²) in [6.45, 7) is 0.994. The summed E-state index contributed by atoms with van der Waals surface area (Å²) in [5.41, 5.74) is 3.83. The zero-order chi connectivity index (χ0) is 23.1. The third-order valence-corrected chi connectivity index (χ3v) is 7.49. The number of nitrogens with zero attached hydrogens (tertiary/aromatic N) is 2. The fourth-order valence-electron chi connectivity index (χ4n) is 5.81. The highest BCUT2D eigenvalue weighted by Gasteiger charge is 2.40. The van der Waals surface area contributed by atoms with Crippen molar-refractivity contribution in [2.24, 2.45) is 0 Å². The van der Waals surface area contributed by atoms with Crippen molar-refractivity contribution in [3.63, 3.8) is 0 Å². The fourth-order valence-corrected chi connectivity index (χ4v) is 5.81. The van der Waals surface area contributed by atoms with Gasteiger partial charge in [0.1, 0.15) is 5.82 Å². The summed E-state index contributed by atoms with van der Waals surface area (Å²) in [6.07, 6.45) is 6.38. The maximum atomic E-state index is 13.4. The standard InChI is InChI=1S/C29H28FN3O/c30-23-8-10-25(11-9-23)32-15-14-21-6-7-22(16-28(21)32)29(34)31-24-17-26-12-13-27(18-24)33(26)19-20-4-2-1-3-5-20/h1-11,14-16,24,26-27H,12-13,17-19H2,(H,31,34). The van der Waals surface area contributed by atoms with Gasteiger partial charge in [0.25, 0.3) is 5.91 Å². The highest BCUT2D eigenvalue weighted by atomic mass is 19.1. The summed E-state index contributed by atoms with van der Waals surface area (Å²) in [5, 5.41) is 4.37. The number of carbonyl (C=O) groups excluding carboxylic acids is 1. The van der Waals surface area contributed by atoms with Crippen LogP contribution in [0.2, 0.25) is 0 Å². The summed E-state index contributed by atoms with van der Waals surface area (Å²) in [7, 11) is 0. The van der Waals surface area contributed by atoms with Gasteiger partial charge < -0.3 is 9.88 Å². The Balaban J connectivity index is 1.16. The molecule has 172 valence electrons. The van der Waals surface area contributed by atoms with Gasteiger partial charge in [-0.25, -0.2) is 4.39 Å². The molecule has 5 heteroatoms. The summed E-state index contributed by atoms with van der Waals surface area (Å²) in [5.74, 6) is -0.279. The summed E-state index contributed by atoms with van der Waals surface area (Å²) < 4.78 is 15.4. The average molecular weight is 454 g/mol. The fraction of sp³-hybridized carbons (Fsp3) is 0.276. The Labute approximate surface area is 199 Å². The minimum Gasteiger partial charge on any atom is -0.349 e. The van der Waals surface area contributed by atoms with Crippen molar-refractivity contribution in [2.45, 2.75) is 50.4 Å². The van der Waals surface area contributed by atoms with Crippen molar-refractivity contribution in [3.8, 4) is 5.69 Å². The SMILES string of the molecule is O=C(NC1CC2CCC(C1)N2Cc1ccccc1)c1ccc2ccn(-c3ccc(F)cc3)c2c1. The van der Waals surface area contributed by atoms with Crippen LogP contribution in [0.25, 0.3) is 16.6 Å². The lowest BCUT2D eigenvalue weighted by Gasteiger charge is -2.39. The Hall–Kier alpha value is -3.44. The molecule has 0 radical (unpaired) electrons. The van der Waals surface area contributed by atoms with E-state index in [0.29, 0.717) is 17.6 Å². The van der Waals surface area contributed by atoms with E-state index < -0.39 is 0 Å². The van der Waals surface area contributed by atoms with E-state index in [-0.39, 0.29) is 17.8 Å². The molecule has 3 aromatic carbocycles. The van der Waals surface area contributed by atoms with Crippen molar-refractivity contribution in [2.75, 3.05) is 0 Å². The Bertz CT molecular complexity index is 1300. The van der Waals surface area contributed by atoms with Crippen LogP contribution in [0.15, 0.2) is 85.1 Å². The van der Waals surface area contributed by atoms with E-state index in [1.165, 1.54) is 30.5 Å². The molecule has 3 heterocycles. The van der Waals surface area contributed by atoms with Crippen LogP contribution in [-0.2, 0) is 6.54 Å². The van der Waals surface area contributed by atoms with E-state index in [0.717, 1.165) is 36.0 Å².